The fourth-order valence-electron chi connectivity index (χ4n) is 1.60. The molecule has 4 nitrogen and oxygen atoms in total. The molecule has 4 heteroatoms. The number of aromatic carboxylic acids is 1. The molecule has 100 valence electrons. The summed E-state index contributed by atoms with van der Waals surface area (Å²) < 4.78 is 10.7. The maximum Gasteiger partial charge on any atom is 0.335 e. The zero-order valence-corrected chi connectivity index (χ0v) is 11.1. The standard InChI is InChI=1S/C14H20O4/c1-10(2)5-4-8-18-13-9-11(14(15)16)6-7-12(13)17-3/h6-7,9-10H,4-5,8H2,1-3H3,(H,15,16). The van der Waals surface area contributed by atoms with E-state index < -0.39 is 5.97 Å². The van der Waals surface area contributed by atoms with Crippen molar-refractivity contribution in [3.05, 3.63) is 23.8 Å². The van der Waals surface area contributed by atoms with Crippen molar-refractivity contribution in [1.82, 2.24) is 0 Å². The summed E-state index contributed by atoms with van der Waals surface area (Å²) in [5.74, 6) is 0.719. The molecular formula is C14H20O4. The lowest BCUT2D eigenvalue weighted by atomic mass is 10.1. The summed E-state index contributed by atoms with van der Waals surface area (Å²) in [6.07, 6.45) is 2.03. The van der Waals surface area contributed by atoms with Gasteiger partial charge in [-0.3, -0.25) is 0 Å². The third kappa shape index (κ3) is 4.28. The lowest BCUT2D eigenvalue weighted by molar-refractivity contribution is 0.0696. The maximum absolute atomic E-state index is 10.9. The molecule has 0 amide bonds. The molecule has 0 saturated heterocycles. The number of ether oxygens (including phenoxy) is 2. The Balaban J connectivity index is 2.66. The van der Waals surface area contributed by atoms with E-state index in [1.165, 1.54) is 19.2 Å². The molecule has 1 aromatic rings. The van der Waals surface area contributed by atoms with Crippen LogP contribution in [0.4, 0.5) is 0 Å². The molecule has 1 rings (SSSR count). The summed E-state index contributed by atoms with van der Waals surface area (Å²) in [6, 6.07) is 4.61. The van der Waals surface area contributed by atoms with Crippen LogP contribution in [0.1, 0.15) is 37.0 Å². The van der Waals surface area contributed by atoms with Crippen LogP contribution >= 0.6 is 0 Å². The minimum absolute atomic E-state index is 0.203. The van der Waals surface area contributed by atoms with Crippen LogP contribution in [0.15, 0.2) is 18.2 Å². The van der Waals surface area contributed by atoms with E-state index in [1.807, 2.05) is 0 Å². The van der Waals surface area contributed by atoms with Gasteiger partial charge in [0.2, 0.25) is 0 Å². The number of carbonyl (C=O) groups is 1. The van der Waals surface area contributed by atoms with E-state index in [1.54, 1.807) is 6.07 Å². The van der Waals surface area contributed by atoms with Gasteiger partial charge in [0.25, 0.3) is 0 Å². The Morgan fingerprint density at radius 1 is 1.33 bits per heavy atom. The minimum Gasteiger partial charge on any atom is -0.493 e. The van der Waals surface area contributed by atoms with Gasteiger partial charge in [-0.05, 0) is 37.0 Å². The Bertz CT molecular complexity index is 399. The summed E-state index contributed by atoms with van der Waals surface area (Å²) in [7, 11) is 1.54. The van der Waals surface area contributed by atoms with Crippen molar-refractivity contribution in [1.29, 1.82) is 0 Å². The van der Waals surface area contributed by atoms with Crippen LogP contribution in [0.5, 0.6) is 11.5 Å². The third-order valence-electron chi connectivity index (χ3n) is 2.59. The Morgan fingerprint density at radius 3 is 2.61 bits per heavy atom. The molecule has 0 spiro atoms. The highest BCUT2D eigenvalue weighted by Crippen LogP contribution is 2.28. The number of carboxylic acids is 1. The van der Waals surface area contributed by atoms with Gasteiger partial charge in [-0.15, -0.1) is 0 Å². The quantitative estimate of drug-likeness (QED) is 0.757. The summed E-state index contributed by atoms with van der Waals surface area (Å²) >= 11 is 0. The maximum atomic E-state index is 10.9. The zero-order valence-electron chi connectivity index (χ0n) is 11.1. The highest BCUT2D eigenvalue weighted by Gasteiger charge is 2.10. The van der Waals surface area contributed by atoms with Crippen LogP contribution in [-0.4, -0.2) is 24.8 Å². The number of methoxy groups -OCH3 is 1. The van der Waals surface area contributed by atoms with Gasteiger partial charge in [-0.1, -0.05) is 13.8 Å². The van der Waals surface area contributed by atoms with E-state index in [-0.39, 0.29) is 5.56 Å². The van der Waals surface area contributed by atoms with Crippen molar-refractivity contribution >= 4 is 5.97 Å². The molecule has 0 aliphatic rings. The molecule has 0 aliphatic heterocycles. The molecule has 18 heavy (non-hydrogen) atoms. The molecule has 0 heterocycles. The van der Waals surface area contributed by atoms with Gasteiger partial charge in [0, 0.05) is 0 Å². The molecule has 0 aliphatic carbocycles. The van der Waals surface area contributed by atoms with Crippen molar-refractivity contribution in [3.63, 3.8) is 0 Å². The third-order valence-corrected chi connectivity index (χ3v) is 2.59. The first kappa shape index (κ1) is 14.4. The predicted octanol–water partition coefficient (Wildman–Crippen LogP) is 3.21. The molecule has 0 fully saturated rings. The highest BCUT2D eigenvalue weighted by atomic mass is 16.5. The summed E-state index contributed by atoms with van der Waals surface area (Å²) in [5.41, 5.74) is 0.203. The molecule has 0 atom stereocenters. The van der Waals surface area contributed by atoms with Crippen LogP contribution in [0.25, 0.3) is 0 Å². The summed E-state index contributed by atoms with van der Waals surface area (Å²) in [6.45, 7) is 4.88. The Labute approximate surface area is 108 Å². The zero-order chi connectivity index (χ0) is 13.5. The first-order valence-corrected chi connectivity index (χ1v) is 6.08. The van der Waals surface area contributed by atoms with Gasteiger partial charge in [-0.2, -0.15) is 0 Å². The second-order valence-electron chi connectivity index (χ2n) is 4.56. The molecule has 1 N–H and O–H groups in total. The van der Waals surface area contributed by atoms with E-state index in [9.17, 15) is 4.79 Å². The van der Waals surface area contributed by atoms with Crippen molar-refractivity contribution in [2.75, 3.05) is 13.7 Å². The smallest absolute Gasteiger partial charge is 0.335 e. The topological polar surface area (TPSA) is 55.8 Å². The van der Waals surface area contributed by atoms with Gasteiger partial charge in [0.1, 0.15) is 0 Å². The predicted molar refractivity (Wildman–Crippen MR) is 69.5 cm³/mol. The average Bonchev–Trinajstić information content (AvgIpc) is 2.34. The van der Waals surface area contributed by atoms with Gasteiger partial charge in [-0.25, -0.2) is 4.79 Å². The first-order valence-electron chi connectivity index (χ1n) is 6.08. The van der Waals surface area contributed by atoms with Gasteiger partial charge in [0.15, 0.2) is 11.5 Å². The number of rotatable bonds is 7. The average molecular weight is 252 g/mol. The highest BCUT2D eigenvalue weighted by molar-refractivity contribution is 5.88. The first-order chi connectivity index (χ1) is 8.54. The minimum atomic E-state index is -0.968. The molecule has 0 aromatic heterocycles. The fourth-order valence-corrected chi connectivity index (χ4v) is 1.60. The molecule has 0 unspecified atom stereocenters. The van der Waals surface area contributed by atoms with Crippen LogP contribution in [0, 0.1) is 5.92 Å². The van der Waals surface area contributed by atoms with Gasteiger partial charge in [0.05, 0.1) is 19.3 Å². The van der Waals surface area contributed by atoms with Crippen molar-refractivity contribution in [3.8, 4) is 11.5 Å². The van der Waals surface area contributed by atoms with Crippen LogP contribution in [0.2, 0.25) is 0 Å². The summed E-state index contributed by atoms with van der Waals surface area (Å²) in [4.78, 5) is 10.9. The van der Waals surface area contributed by atoms with Gasteiger partial charge < -0.3 is 14.6 Å². The lowest BCUT2D eigenvalue weighted by Gasteiger charge is -2.11. The second kappa shape index (κ2) is 6.89. The normalized spacial score (nSPS) is 10.4. The number of benzene rings is 1. The van der Waals surface area contributed by atoms with Crippen LogP contribution in [-0.2, 0) is 0 Å². The monoisotopic (exact) mass is 252 g/mol. The Kier molecular flexibility index (Phi) is 5.49. The van der Waals surface area contributed by atoms with E-state index in [0.717, 1.165) is 12.8 Å². The van der Waals surface area contributed by atoms with E-state index in [4.69, 9.17) is 14.6 Å². The summed E-state index contributed by atoms with van der Waals surface area (Å²) in [5, 5.41) is 8.92. The van der Waals surface area contributed by atoms with E-state index in [2.05, 4.69) is 13.8 Å². The number of carboxylic acid groups (broad SMARTS) is 1. The molecular weight excluding hydrogens is 232 g/mol. The van der Waals surface area contributed by atoms with Crippen LogP contribution in [0.3, 0.4) is 0 Å². The number of hydrogen-bond acceptors (Lipinski definition) is 3. The molecule has 0 saturated carbocycles. The Hall–Kier alpha value is -1.71. The Morgan fingerprint density at radius 2 is 2.06 bits per heavy atom. The fraction of sp³-hybridized carbons (Fsp3) is 0.500. The van der Waals surface area contributed by atoms with Crippen molar-refractivity contribution < 1.29 is 19.4 Å². The van der Waals surface area contributed by atoms with Crippen molar-refractivity contribution in [2.24, 2.45) is 5.92 Å². The molecule has 0 radical (unpaired) electrons. The van der Waals surface area contributed by atoms with E-state index >= 15 is 0 Å². The SMILES string of the molecule is COc1ccc(C(=O)O)cc1OCCCC(C)C. The largest absolute Gasteiger partial charge is 0.493 e. The van der Waals surface area contributed by atoms with Crippen LogP contribution < -0.4 is 9.47 Å². The molecule has 1 aromatic carbocycles. The molecule has 0 bridgehead atoms. The van der Waals surface area contributed by atoms with Crippen molar-refractivity contribution in [2.45, 2.75) is 26.7 Å². The number of hydrogen-bond donors (Lipinski definition) is 1. The lowest BCUT2D eigenvalue weighted by Crippen LogP contribution is -2.03. The van der Waals surface area contributed by atoms with Gasteiger partial charge >= 0.3 is 5.97 Å². The van der Waals surface area contributed by atoms with E-state index in [0.29, 0.717) is 24.0 Å². The second-order valence-corrected chi connectivity index (χ2v) is 4.56.